The molecule has 7 nitrogen and oxygen atoms in total. The number of carbonyl (C=O) groups is 1. The maximum atomic E-state index is 12.2. The largest absolute Gasteiger partial charge is 0.475 e. The van der Waals surface area contributed by atoms with Crippen molar-refractivity contribution in [1.82, 2.24) is 14.9 Å². The Hall–Kier alpha value is -2.57. The van der Waals surface area contributed by atoms with Gasteiger partial charge >= 0.3 is 6.09 Å². The van der Waals surface area contributed by atoms with E-state index in [4.69, 9.17) is 9.47 Å². The molecular formula is C19H26N4O3. The van der Waals surface area contributed by atoms with E-state index in [-0.39, 0.29) is 12.1 Å². The van der Waals surface area contributed by atoms with Crippen LogP contribution in [0.1, 0.15) is 34.1 Å². The van der Waals surface area contributed by atoms with Crippen molar-refractivity contribution in [2.24, 2.45) is 0 Å². The fourth-order valence-electron chi connectivity index (χ4n) is 2.88. The summed E-state index contributed by atoms with van der Waals surface area (Å²) in [6, 6.07) is 7.77. The van der Waals surface area contributed by atoms with Gasteiger partial charge in [0.05, 0.1) is 17.6 Å². The summed E-state index contributed by atoms with van der Waals surface area (Å²) in [4.78, 5) is 23.2. The van der Waals surface area contributed by atoms with Crippen molar-refractivity contribution in [1.29, 1.82) is 0 Å². The van der Waals surface area contributed by atoms with Crippen LogP contribution >= 0.6 is 0 Å². The van der Waals surface area contributed by atoms with E-state index >= 15 is 0 Å². The molecule has 0 unspecified atom stereocenters. The summed E-state index contributed by atoms with van der Waals surface area (Å²) in [7, 11) is 0. The van der Waals surface area contributed by atoms with Gasteiger partial charge in [0.25, 0.3) is 5.88 Å². The molecule has 0 saturated carbocycles. The fraction of sp³-hybridized carbons (Fsp3) is 0.526. The van der Waals surface area contributed by atoms with Gasteiger partial charge in [-0.25, -0.2) is 14.8 Å². The smallest absolute Gasteiger partial charge is 0.410 e. The summed E-state index contributed by atoms with van der Waals surface area (Å²) in [5.74, 6) is 1.10. The first-order valence-electron chi connectivity index (χ1n) is 9.00. The van der Waals surface area contributed by atoms with Gasteiger partial charge in [-0.2, -0.15) is 0 Å². The lowest BCUT2D eigenvalue weighted by Crippen LogP contribution is -2.36. The number of anilines is 1. The summed E-state index contributed by atoms with van der Waals surface area (Å²) in [6.45, 7) is 9.25. The Balaban J connectivity index is 1.73. The first-order chi connectivity index (χ1) is 12.4. The predicted octanol–water partition coefficient (Wildman–Crippen LogP) is 3.45. The van der Waals surface area contributed by atoms with Gasteiger partial charge in [0.15, 0.2) is 5.82 Å². The van der Waals surface area contributed by atoms with E-state index in [1.165, 1.54) is 0 Å². The van der Waals surface area contributed by atoms with Gasteiger partial charge in [-0.3, -0.25) is 0 Å². The summed E-state index contributed by atoms with van der Waals surface area (Å²) >= 11 is 0. The lowest BCUT2D eigenvalue weighted by atomic mass is 10.2. The third kappa shape index (κ3) is 4.33. The van der Waals surface area contributed by atoms with Crippen molar-refractivity contribution in [3.63, 3.8) is 0 Å². The van der Waals surface area contributed by atoms with Gasteiger partial charge in [-0.15, -0.1) is 0 Å². The molecule has 1 aliphatic heterocycles. The maximum absolute atomic E-state index is 12.2. The average molecular weight is 358 g/mol. The second-order valence-electron chi connectivity index (χ2n) is 7.36. The van der Waals surface area contributed by atoms with Crippen molar-refractivity contribution in [2.75, 3.05) is 25.0 Å². The number of benzene rings is 1. The number of ether oxygens (including phenoxy) is 2. The Labute approximate surface area is 153 Å². The Bertz CT molecular complexity index is 788. The number of fused-ring (bicyclic) bond motifs is 1. The third-order valence-corrected chi connectivity index (χ3v) is 4.00. The zero-order chi connectivity index (χ0) is 18.7. The Morgan fingerprint density at radius 2 is 1.96 bits per heavy atom. The molecule has 7 heteroatoms. The van der Waals surface area contributed by atoms with Crippen LogP contribution in [0.3, 0.4) is 0 Å². The molecule has 2 heterocycles. The molecule has 1 atom stereocenters. The van der Waals surface area contributed by atoms with E-state index in [1.807, 2.05) is 52.0 Å². The van der Waals surface area contributed by atoms with Crippen LogP contribution in [0.2, 0.25) is 0 Å². The lowest BCUT2D eigenvalue weighted by Gasteiger charge is -2.24. The highest BCUT2D eigenvalue weighted by molar-refractivity contribution is 5.77. The molecule has 1 amide bonds. The van der Waals surface area contributed by atoms with E-state index in [9.17, 15) is 4.79 Å². The number of nitrogens with zero attached hydrogens (tertiary/aromatic N) is 3. The number of hydrogen-bond acceptors (Lipinski definition) is 6. The van der Waals surface area contributed by atoms with Gasteiger partial charge in [0, 0.05) is 19.1 Å². The maximum Gasteiger partial charge on any atom is 0.410 e. The molecule has 3 rings (SSSR count). The van der Waals surface area contributed by atoms with Crippen LogP contribution in [0.5, 0.6) is 5.88 Å². The van der Waals surface area contributed by atoms with Crippen LogP contribution in [-0.2, 0) is 4.74 Å². The van der Waals surface area contributed by atoms with Crippen LogP contribution in [0, 0.1) is 0 Å². The molecule has 1 aromatic heterocycles. The highest BCUT2D eigenvalue weighted by Gasteiger charge is 2.30. The number of likely N-dealkylation sites (tertiary alicyclic amines) is 1. The number of aromatic nitrogens is 2. The van der Waals surface area contributed by atoms with Crippen LogP contribution in [-0.4, -0.2) is 52.3 Å². The van der Waals surface area contributed by atoms with E-state index < -0.39 is 5.60 Å². The van der Waals surface area contributed by atoms with Gasteiger partial charge in [-0.05, 0) is 46.2 Å². The van der Waals surface area contributed by atoms with Crippen LogP contribution in [0.25, 0.3) is 11.0 Å². The summed E-state index contributed by atoms with van der Waals surface area (Å²) in [5.41, 5.74) is 1.11. The van der Waals surface area contributed by atoms with Crippen molar-refractivity contribution >= 4 is 22.9 Å². The first-order valence-corrected chi connectivity index (χ1v) is 9.00. The Kier molecular flexibility index (Phi) is 5.15. The van der Waals surface area contributed by atoms with Gasteiger partial charge < -0.3 is 19.7 Å². The number of carbonyl (C=O) groups excluding carboxylic acids is 1. The number of para-hydroxylation sites is 2. The van der Waals surface area contributed by atoms with Gasteiger partial charge in [0.1, 0.15) is 5.60 Å². The molecule has 1 fully saturated rings. The van der Waals surface area contributed by atoms with E-state index in [0.29, 0.717) is 31.4 Å². The molecule has 1 saturated heterocycles. The predicted molar refractivity (Wildman–Crippen MR) is 101 cm³/mol. The van der Waals surface area contributed by atoms with Crippen molar-refractivity contribution < 1.29 is 14.3 Å². The van der Waals surface area contributed by atoms with Crippen molar-refractivity contribution in [3.8, 4) is 5.88 Å². The molecule has 0 aliphatic carbocycles. The zero-order valence-electron chi connectivity index (χ0n) is 15.8. The normalized spacial score (nSPS) is 17.4. The number of hydrogen-bond donors (Lipinski definition) is 1. The summed E-state index contributed by atoms with van der Waals surface area (Å²) < 4.78 is 11.1. The number of rotatable bonds is 4. The first kappa shape index (κ1) is 18.2. The minimum Gasteiger partial charge on any atom is -0.475 e. The molecule has 1 aliphatic rings. The van der Waals surface area contributed by atoms with E-state index in [1.54, 1.807) is 4.90 Å². The zero-order valence-corrected chi connectivity index (χ0v) is 15.8. The topological polar surface area (TPSA) is 76.6 Å². The van der Waals surface area contributed by atoms with Crippen LogP contribution in [0.15, 0.2) is 24.3 Å². The second-order valence-corrected chi connectivity index (χ2v) is 7.36. The van der Waals surface area contributed by atoms with E-state index in [2.05, 4.69) is 15.3 Å². The fourth-order valence-corrected chi connectivity index (χ4v) is 2.88. The lowest BCUT2D eigenvalue weighted by molar-refractivity contribution is 0.0293. The molecule has 26 heavy (non-hydrogen) atoms. The van der Waals surface area contributed by atoms with Crippen LogP contribution < -0.4 is 10.1 Å². The van der Waals surface area contributed by atoms with Crippen molar-refractivity contribution in [2.45, 2.75) is 45.8 Å². The van der Waals surface area contributed by atoms with Crippen LogP contribution in [0.4, 0.5) is 10.6 Å². The van der Waals surface area contributed by atoms with Crippen molar-refractivity contribution in [3.05, 3.63) is 24.3 Å². The Morgan fingerprint density at radius 3 is 2.62 bits per heavy atom. The molecule has 2 aromatic rings. The summed E-state index contributed by atoms with van der Waals surface area (Å²) in [6.07, 6.45) is 0.538. The Morgan fingerprint density at radius 1 is 1.27 bits per heavy atom. The van der Waals surface area contributed by atoms with Gasteiger partial charge in [0.2, 0.25) is 0 Å². The highest BCUT2D eigenvalue weighted by Crippen LogP contribution is 2.26. The third-order valence-electron chi connectivity index (χ3n) is 4.00. The molecule has 1 aromatic carbocycles. The SMILES string of the molecule is CCOc1nc2ccccc2nc1N[C@@H]1CCN(C(=O)OC(C)(C)C)C1. The van der Waals surface area contributed by atoms with Gasteiger partial charge in [-0.1, -0.05) is 12.1 Å². The quantitative estimate of drug-likeness (QED) is 0.902. The summed E-state index contributed by atoms with van der Waals surface area (Å²) in [5, 5.41) is 3.39. The average Bonchev–Trinajstić information content (AvgIpc) is 3.03. The monoisotopic (exact) mass is 358 g/mol. The molecule has 140 valence electrons. The number of nitrogens with one attached hydrogen (secondary N) is 1. The standard InChI is InChI=1S/C19H26N4O3/c1-5-25-17-16(21-14-8-6-7-9-15(14)22-17)20-13-10-11-23(12-13)18(24)26-19(2,3)4/h6-9,13H,5,10-12H2,1-4H3,(H,20,21)/t13-/m1/s1. The molecule has 0 spiro atoms. The number of amides is 1. The highest BCUT2D eigenvalue weighted by atomic mass is 16.6. The minimum atomic E-state index is -0.492. The molecule has 0 radical (unpaired) electrons. The minimum absolute atomic E-state index is 0.0807. The molecule has 1 N–H and O–H groups in total. The van der Waals surface area contributed by atoms with E-state index in [0.717, 1.165) is 17.5 Å². The molecule has 0 bridgehead atoms. The molecular weight excluding hydrogens is 332 g/mol. The second kappa shape index (κ2) is 7.35.